The first-order valence-electron chi connectivity index (χ1n) is 6.89. The number of aliphatic hydroxyl groups is 1. The second kappa shape index (κ2) is 9.66. The number of thioether (sulfide) groups is 2. The maximum absolute atomic E-state index is 8.70. The third kappa shape index (κ3) is 6.38. The Balaban J connectivity index is 1.80. The lowest BCUT2D eigenvalue weighted by Gasteiger charge is -2.02. The highest BCUT2D eigenvalue weighted by atomic mass is 32.2. The Bertz CT molecular complexity index is 540. The summed E-state index contributed by atoms with van der Waals surface area (Å²) in [7, 11) is 0. The molecular weight excluding hydrogens is 298 g/mol. The van der Waals surface area contributed by atoms with Crippen LogP contribution in [0.25, 0.3) is 0 Å². The second-order valence-electron chi connectivity index (χ2n) is 4.35. The lowest BCUT2D eigenvalue weighted by atomic mass is 10.2. The van der Waals surface area contributed by atoms with Gasteiger partial charge in [-0.1, -0.05) is 30.3 Å². The molecule has 0 aliphatic heterocycles. The molecule has 0 saturated heterocycles. The van der Waals surface area contributed by atoms with Gasteiger partial charge in [0.1, 0.15) is 0 Å². The lowest BCUT2D eigenvalue weighted by molar-refractivity contribution is 0.322. The van der Waals surface area contributed by atoms with Crippen molar-refractivity contribution in [1.82, 2.24) is 0 Å². The lowest BCUT2D eigenvalue weighted by Crippen LogP contribution is -1.90. The summed E-state index contributed by atoms with van der Waals surface area (Å²) in [5.74, 6) is 2.96. The molecule has 0 atom stereocenters. The topological polar surface area (TPSA) is 32.6 Å². The number of hydrogen-bond donors (Lipinski definition) is 1. The van der Waals surface area contributed by atoms with Crippen molar-refractivity contribution in [1.29, 1.82) is 0 Å². The molecule has 21 heavy (non-hydrogen) atoms. The Hall–Kier alpha value is -1.23. The predicted molar refractivity (Wildman–Crippen MR) is 95.3 cm³/mol. The molecule has 0 unspecified atom stereocenters. The summed E-state index contributed by atoms with van der Waals surface area (Å²) in [6.07, 6.45) is 1.88. The van der Waals surface area contributed by atoms with Crippen LogP contribution in [0, 0.1) is 0 Å². The highest BCUT2D eigenvalue weighted by Gasteiger charge is 1.95. The van der Waals surface area contributed by atoms with Crippen molar-refractivity contribution in [3.05, 3.63) is 60.2 Å². The molecule has 0 bridgehead atoms. The van der Waals surface area contributed by atoms with Crippen LogP contribution in [0.2, 0.25) is 0 Å². The molecule has 2 aromatic rings. The van der Waals surface area contributed by atoms with Crippen LogP contribution in [0.5, 0.6) is 0 Å². The first-order chi connectivity index (χ1) is 10.4. The first-order valence-corrected chi connectivity index (χ1v) is 9.03. The zero-order valence-corrected chi connectivity index (χ0v) is 13.4. The highest BCUT2D eigenvalue weighted by molar-refractivity contribution is 8.02. The molecule has 0 amide bonds. The van der Waals surface area contributed by atoms with Crippen LogP contribution in [-0.4, -0.2) is 35.2 Å². The van der Waals surface area contributed by atoms with Gasteiger partial charge in [-0.15, -0.1) is 11.8 Å². The fourth-order valence-electron chi connectivity index (χ4n) is 1.70. The number of aliphatic imine (C=N–C) groups is 1. The van der Waals surface area contributed by atoms with E-state index in [-0.39, 0.29) is 6.61 Å². The summed E-state index contributed by atoms with van der Waals surface area (Å²) < 4.78 is 0. The molecular formula is C17H19NOS2. The molecule has 2 rings (SSSR count). The molecule has 1 N–H and O–H groups in total. The normalized spacial score (nSPS) is 11.1. The predicted octanol–water partition coefficient (Wildman–Crippen LogP) is 4.25. The molecule has 0 aliphatic carbocycles. The van der Waals surface area contributed by atoms with E-state index in [9.17, 15) is 0 Å². The standard InChI is InChI=1S/C17H19NOS2/c19-10-11-20-12-13-21-17-8-6-16(7-9-17)18-14-15-4-2-1-3-5-15/h1-9,14,19H,10-13H2. The average molecular weight is 317 g/mol. The molecule has 2 nitrogen and oxygen atoms in total. The second-order valence-corrected chi connectivity index (χ2v) is 6.74. The molecule has 0 aliphatic rings. The Labute approximate surface area is 134 Å². The van der Waals surface area contributed by atoms with E-state index in [0.717, 1.165) is 28.5 Å². The monoisotopic (exact) mass is 317 g/mol. The molecule has 4 heteroatoms. The molecule has 0 heterocycles. The number of nitrogens with zero attached hydrogens (tertiary/aromatic N) is 1. The maximum atomic E-state index is 8.70. The van der Waals surface area contributed by atoms with E-state index < -0.39 is 0 Å². The average Bonchev–Trinajstić information content (AvgIpc) is 2.55. The van der Waals surface area contributed by atoms with Crippen LogP contribution in [0.15, 0.2) is 64.5 Å². The summed E-state index contributed by atoms with van der Waals surface area (Å²) in [4.78, 5) is 5.73. The first kappa shape index (κ1) is 16.1. The smallest absolute Gasteiger partial charge is 0.0630 e. The van der Waals surface area contributed by atoms with E-state index in [4.69, 9.17) is 5.11 Å². The molecule has 0 aromatic heterocycles. The summed E-state index contributed by atoms with van der Waals surface area (Å²) >= 11 is 3.63. The van der Waals surface area contributed by atoms with Crippen molar-refractivity contribution in [2.75, 3.05) is 23.9 Å². The van der Waals surface area contributed by atoms with E-state index in [1.165, 1.54) is 4.90 Å². The summed E-state index contributed by atoms with van der Waals surface area (Å²) in [5.41, 5.74) is 2.08. The van der Waals surface area contributed by atoms with Crippen LogP contribution >= 0.6 is 23.5 Å². The number of rotatable bonds is 8. The molecule has 0 spiro atoms. The van der Waals surface area contributed by atoms with Crippen molar-refractivity contribution in [2.45, 2.75) is 4.90 Å². The van der Waals surface area contributed by atoms with Crippen molar-refractivity contribution in [2.24, 2.45) is 4.99 Å². The van der Waals surface area contributed by atoms with Gasteiger partial charge in [-0.2, -0.15) is 11.8 Å². The fourth-order valence-corrected chi connectivity index (χ4v) is 3.40. The molecule has 0 radical (unpaired) electrons. The number of benzene rings is 2. The van der Waals surface area contributed by atoms with Gasteiger partial charge >= 0.3 is 0 Å². The van der Waals surface area contributed by atoms with Crippen LogP contribution in [0.3, 0.4) is 0 Å². The van der Waals surface area contributed by atoms with Gasteiger partial charge in [0.25, 0.3) is 0 Å². The highest BCUT2D eigenvalue weighted by Crippen LogP contribution is 2.22. The minimum absolute atomic E-state index is 0.267. The largest absolute Gasteiger partial charge is 0.396 e. The Kier molecular flexibility index (Phi) is 7.43. The quantitative estimate of drug-likeness (QED) is 0.449. The van der Waals surface area contributed by atoms with E-state index in [1.54, 1.807) is 11.8 Å². The summed E-state index contributed by atoms with van der Waals surface area (Å²) in [6, 6.07) is 18.4. The SMILES string of the molecule is OCCSCCSc1ccc(N=Cc2ccccc2)cc1. The van der Waals surface area contributed by atoms with Crippen molar-refractivity contribution >= 4 is 35.4 Å². The van der Waals surface area contributed by atoms with E-state index in [2.05, 4.69) is 17.1 Å². The number of aliphatic hydroxyl groups excluding tert-OH is 1. The maximum Gasteiger partial charge on any atom is 0.0630 e. The fraction of sp³-hybridized carbons (Fsp3) is 0.235. The minimum Gasteiger partial charge on any atom is -0.396 e. The van der Waals surface area contributed by atoms with Crippen molar-refractivity contribution in [3.8, 4) is 0 Å². The third-order valence-electron chi connectivity index (χ3n) is 2.73. The van der Waals surface area contributed by atoms with Crippen molar-refractivity contribution < 1.29 is 5.11 Å². The van der Waals surface area contributed by atoms with Gasteiger partial charge in [-0.3, -0.25) is 4.99 Å². The van der Waals surface area contributed by atoms with E-state index >= 15 is 0 Å². The summed E-state index contributed by atoms with van der Waals surface area (Å²) in [6.45, 7) is 0.267. The van der Waals surface area contributed by atoms with Crippen LogP contribution in [0.1, 0.15) is 5.56 Å². The Morgan fingerprint density at radius 2 is 1.67 bits per heavy atom. The van der Waals surface area contributed by atoms with Crippen LogP contribution in [0.4, 0.5) is 5.69 Å². The zero-order chi connectivity index (χ0) is 14.8. The summed E-state index contributed by atoms with van der Waals surface area (Å²) in [5, 5.41) is 8.70. The van der Waals surface area contributed by atoms with Gasteiger partial charge in [0.2, 0.25) is 0 Å². The van der Waals surface area contributed by atoms with E-state index in [1.807, 2.05) is 60.4 Å². The molecule has 110 valence electrons. The molecule has 2 aromatic carbocycles. The number of hydrogen-bond acceptors (Lipinski definition) is 4. The van der Waals surface area contributed by atoms with Crippen LogP contribution in [-0.2, 0) is 0 Å². The van der Waals surface area contributed by atoms with Crippen molar-refractivity contribution in [3.63, 3.8) is 0 Å². The van der Waals surface area contributed by atoms with Gasteiger partial charge in [0, 0.05) is 28.4 Å². The minimum atomic E-state index is 0.267. The van der Waals surface area contributed by atoms with Gasteiger partial charge < -0.3 is 5.11 Å². The molecule has 0 fully saturated rings. The van der Waals surface area contributed by atoms with Gasteiger partial charge in [0.15, 0.2) is 0 Å². The van der Waals surface area contributed by atoms with Gasteiger partial charge in [0.05, 0.1) is 12.3 Å². The molecule has 0 saturated carbocycles. The van der Waals surface area contributed by atoms with E-state index in [0.29, 0.717) is 0 Å². The Morgan fingerprint density at radius 1 is 0.905 bits per heavy atom. The third-order valence-corrected chi connectivity index (χ3v) is 4.97. The van der Waals surface area contributed by atoms with Gasteiger partial charge in [-0.25, -0.2) is 0 Å². The van der Waals surface area contributed by atoms with Gasteiger partial charge in [-0.05, 0) is 29.8 Å². The van der Waals surface area contributed by atoms with Crippen LogP contribution < -0.4 is 0 Å². The Morgan fingerprint density at radius 3 is 2.38 bits per heavy atom. The zero-order valence-electron chi connectivity index (χ0n) is 11.8.